The molecule has 0 radical (unpaired) electrons. The number of nitrogens with zero attached hydrogens (tertiary/aromatic N) is 2. The number of imide groups is 2. The van der Waals surface area contributed by atoms with E-state index in [-0.39, 0.29) is 23.6 Å². The quantitative estimate of drug-likeness (QED) is 0.148. The van der Waals surface area contributed by atoms with Gasteiger partial charge in [-0.1, -0.05) is 72.8 Å². The molecule has 8 heteroatoms. The highest BCUT2D eigenvalue weighted by molar-refractivity contribution is 6.28. The van der Waals surface area contributed by atoms with Crippen LogP contribution in [0.1, 0.15) is 22.3 Å². The molecule has 0 N–H and O–H groups in total. The lowest BCUT2D eigenvalue weighted by Crippen LogP contribution is -2.29. The lowest BCUT2D eigenvalue weighted by atomic mass is 9.68. The monoisotopic (exact) mass is 692 g/mol. The molecule has 53 heavy (non-hydrogen) atoms. The van der Waals surface area contributed by atoms with Gasteiger partial charge < -0.3 is 9.47 Å². The van der Waals surface area contributed by atoms with Gasteiger partial charge in [-0.05, 0) is 106 Å². The minimum atomic E-state index is -0.640. The number of benzene rings is 6. The Bertz CT molecular complexity index is 2300. The summed E-state index contributed by atoms with van der Waals surface area (Å²) in [6.07, 6.45) is 5.03. The summed E-state index contributed by atoms with van der Waals surface area (Å²) < 4.78 is 12.4. The zero-order chi connectivity index (χ0) is 36.1. The average Bonchev–Trinajstić information content (AvgIpc) is 3.82. The number of hydrogen-bond acceptors (Lipinski definition) is 6. The third-order valence-corrected chi connectivity index (χ3v) is 9.81. The van der Waals surface area contributed by atoms with Crippen molar-refractivity contribution in [1.29, 1.82) is 0 Å². The molecule has 1 aliphatic carbocycles. The number of anilines is 2. The van der Waals surface area contributed by atoms with Gasteiger partial charge in [-0.2, -0.15) is 0 Å². The molecule has 0 spiro atoms. The van der Waals surface area contributed by atoms with Gasteiger partial charge in [0.1, 0.15) is 23.0 Å². The Hall–Kier alpha value is -7.32. The minimum absolute atomic E-state index is 0.370. The molecule has 2 heterocycles. The summed E-state index contributed by atoms with van der Waals surface area (Å²) in [6.45, 7) is 0. The van der Waals surface area contributed by atoms with Gasteiger partial charge in [0.05, 0.1) is 16.8 Å². The van der Waals surface area contributed by atoms with E-state index in [9.17, 15) is 19.2 Å². The van der Waals surface area contributed by atoms with Crippen molar-refractivity contribution < 1.29 is 28.7 Å². The van der Waals surface area contributed by atoms with Crippen LogP contribution in [0.2, 0.25) is 0 Å². The molecular weight excluding hydrogens is 665 g/mol. The fourth-order valence-electron chi connectivity index (χ4n) is 7.48. The third-order valence-electron chi connectivity index (χ3n) is 9.81. The minimum Gasteiger partial charge on any atom is -0.457 e. The number of ether oxygens (including phenoxy) is 2. The highest BCUT2D eigenvalue weighted by atomic mass is 16.5. The maximum atomic E-state index is 12.1. The molecule has 2 aliphatic heterocycles. The first-order valence-corrected chi connectivity index (χ1v) is 17.0. The lowest BCUT2D eigenvalue weighted by molar-refractivity contribution is -0.121. The summed E-state index contributed by atoms with van der Waals surface area (Å²) in [7, 11) is 0. The van der Waals surface area contributed by atoms with Crippen LogP contribution < -0.4 is 19.3 Å². The van der Waals surface area contributed by atoms with E-state index in [0.717, 1.165) is 32.1 Å². The van der Waals surface area contributed by atoms with Gasteiger partial charge in [-0.15, -0.1) is 0 Å². The number of carbonyl (C=O) groups excluding carboxylic acids is 4. The summed E-state index contributed by atoms with van der Waals surface area (Å²) in [6, 6.07) is 46.8. The van der Waals surface area contributed by atoms with Gasteiger partial charge >= 0.3 is 0 Å². The summed E-state index contributed by atoms with van der Waals surface area (Å²) >= 11 is 0. The van der Waals surface area contributed by atoms with E-state index < -0.39 is 5.41 Å². The van der Waals surface area contributed by atoms with Crippen molar-refractivity contribution >= 4 is 35.0 Å². The van der Waals surface area contributed by atoms with Gasteiger partial charge in [0, 0.05) is 24.3 Å². The molecule has 0 saturated heterocycles. The molecule has 0 saturated carbocycles. The number of fused-ring (bicyclic) bond motifs is 3. The summed E-state index contributed by atoms with van der Waals surface area (Å²) in [5.74, 6) is 0.929. The van der Waals surface area contributed by atoms with Crippen molar-refractivity contribution in [3.8, 4) is 34.1 Å². The molecule has 4 amide bonds. The Morgan fingerprint density at radius 2 is 0.660 bits per heavy atom. The van der Waals surface area contributed by atoms with Crippen LogP contribution in [0.3, 0.4) is 0 Å². The maximum Gasteiger partial charge on any atom is 0.258 e. The topological polar surface area (TPSA) is 93.2 Å². The molecule has 0 fully saturated rings. The lowest BCUT2D eigenvalue weighted by Gasteiger charge is -2.34. The average molecular weight is 693 g/mol. The Labute approximate surface area is 304 Å². The Kier molecular flexibility index (Phi) is 7.45. The largest absolute Gasteiger partial charge is 0.457 e. The predicted molar refractivity (Wildman–Crippen MR) is 200 cm³/mol. The van der Waals surface area contributed by atoms with E-state index in [1.807, 2.05) is 24.3 Å². The number of rotatable bonds is 8. The van der Waals surface area contributed by atoms with Crippen molar-refractivity contribution in [1.82, 2.24) is 0 Å². The molecule has 9 rings (SSSR count). The van der Waals surface area contributed by atoms with Crippen LogP contribution in [-0.2, 0) is 24.6 Å². The Morgan fingerprint density at radius 3 is 1.00 bits per heavy atom. The molecule has 0 aromatic heterocycles. The molecule has 0 unspecified atom stereocenters. The molecular formula is C45H28N2O6. The van der Waals surface area contributed by atoms with E-state index in [2.05, 4.69) is 72.8 Å². The molecule has 0 bridgehead atoms. The molecule has 0 atom stereocenters. The number of amides is 4. The van der Waals surface area contributed by atoms with Gasteiger partial charge in [-0.3, -0.25) is 19.2 Å². The second-order valence-electron chi connectivity index (χ2n) is 12.8. The number of carbonyl (C=O) groups is 4. The normalized spacial score (nSPS) is 15.2. The van der Waals surface area contributed by atoms with Crippen molar-refractivity contribution in [2.75, 3.05) is 9.80 Å². The Balaban J connectivity index is 1.03. The van der Waals surface area contributed by atoms with Crippen molar-refractivity contribution in [3.63, 3.8) is 0 Å². The number of hydrogen-bond donors (Lipinski definition) is 0. The fraction of sp³-hybridized carbons (Fsp3) is 0.0222. The van der Waals surface area contributed by atoms with Crippen LogP contribution in [0.5, 0.6) is 23.0 Å². The third kappa shape index (κ3) is 5.24. The first kappa shape index (κ1) is 31.6. The molecule has 6 aromatic rings. The standard InChI is InChI=1S/C45H28N2O6/c48-41-25-26-42(49)46(41)31-13-21-35(22-14-31)52-33-17-9-29(10-18-33)45(39-7-3-1-5-37(39)38-6-2-4-8-40(38)45)30-11-19-34(20-12-30)53-36-23-15-32(16-24-36)47-43(50)27-28-44(47)51/h1-28H. The predicted octanol–water partition coefficient (Wildman–Crippen LogP) is 8.49. The maximum absolute atomic E-state index is 12.1. The van der Waals surface area contributed by atoms with Crippen LogP contribution >= 0.6 is 0 Å². The van der Waals surface area contributed by atoms with Crippen LogP contribution in [0, 0.1) is 0 Å². The van der Waals surface area contributed by atoms with Crippen LogP contribution in [0.15, 0.2) is 170 Å². The molecule has 6 aromatic carbocycles. The van der Waals surface area contributed by atoms with Crippen LogP contribution in [0.25, 0.3) is 11.1 Å². The highest BCUT2D eigenvalue weighted by Gasteiger charge is 2.46. The molecule has 3 aliphatic rings. The van der Waals surface area contributed by atoms with E-state index in [4.69, 9.17) is 9.47 Å². The van der Waals surface area contributed by atoms with Crippen LogP contribution in [-0.4, -0.2) is 23.6 Å². The van der Waals surface area contributed by atoms with E-state index in [1.54, 1.807) is 48.5 Å². The van der Waals surface area contributed by atoms with Gasteiger partial charge in [0.2, 0.25) is 0 Å². The zero-order valence-corrected chi connectivity index (χ0v) is 28.0. The second-order valence-corrected chi connectivity index (χ2v) is 12.8. The smallest absolute Gasteiger partial charge is 0.258 e. The molecule has 254 valence electrons. The van der Waals surface area contributed by atoms with Crippen LogP contribution in [0.4, 0.5) is 11.4 Å². The summed E-state index contributed by atoms with van der Waals surface area (Å²) in [5.41, 5.74) is 7.09. The SMILES string of the molecule is O=C1C=CC(=O)N1c1ccc(Oc2ccc(C3(c4ccc(Oc5ccc(N6C(=O)C=CC6=O)cc5)cc4)c4ccccc4-c4ccccc43)cc2)cc1. The first-order valence-electron chi connectivity index (χ1n) is 17.0. The van der Waals surface area contributed by atoms with Crippen molar-refractivity contribution in [2.24, 2.45) is 0 Å². The second kappa shape index (κ2) is 12.5. The Morgan fingerprint density at radius 1 is 0.358 bits per heavy atom. The van der Waals surface area contributed by atoms with E-state index >= 15 is 0 Å². The molecule has 8 nitrogen and oxygen atoms in total. The summed E-state index contributed by atoms with van der Waals surface area (Å²) in [5, 5.41) is 0. The fourth-order valence-corrected chi connectivity index (χ4v) is 7.48. The van der Waals surface area contributed by atoms with Gasteiger partial charge in [0.15, 0.2) is 0 Å². The van der Waals surface area contributed by atoms with Gasteiger partial charge in [0.25, 0.3) is 23.6 Å². The van der Waals surface area contributed by atoms with Gasteiger partial charge in [-0.25, -0.2) is 9.80 Å². The van der Waals surface area contributed by atoms with E-state index in [0.29, 0.717) is 34.4 Å². The van der Waals surface area contributed by atoms with Crippen molar-refractivity contribution in [2.45, 2.75) is 5.41 Å². The van der Waals surface area contributed by atoms with Crippen molar-refractivity contribution in [3.05, 3.63) is 192 Å². The summed E-state index contributed by atoms with van der Waals surface area (Å²) in [4.78, 5) is 50.6. The van der Waals surface area contributed by atoms with E-state index in [1.165, 1.54) is 35.4 Å². The first-order chi connectivity index (χ1) is 25.9. The zero-order valence-electron chi connectivity index (χ0n) is 28.0. The highest BCUT2D eigenvalue weighted by Crippen LogP contribution is 2.56.